The minimum Gasteiger partial charge on any atom is -0.354 e. The summed E-state index contributed by atoms with van der Waals surface area (Å²) in [6, 6.07) is 1.83. The molecule has 0 aromatic carbocycles. The lowest BCUT2D eigenvalue weighted by Gasteiger charge is -2.35. The zero-order chi connectivity index (χ0) is 21.8. The largest absolute Gasteiger partial charge is 0.354 e. The smallest absolute Gasteiger partial charge is 0.225 e. The maximum atomic E-state index is 12.2. The molecule has 3 aromatic heterocycles. The molecular formula is C22H29N9O. The number of carbonyl (C=O) groups is 1. The van der Waals surface area contributed by atoms with Gasteiger partial charge in [0.25, 0.3) is 0 Å². The fourth-order valence-corrected chi connectivity index (χ4v) is 4.72. The van der Waals surface area contributed by atoms with Crippen LogP contribution < -0.4 is 15.1 Å². The number of nitrogens with zero attached hydrogens (tertiary/aromatic N) is 8. The Morgan fingerprint density at radius 1 is 1.00 bits per heavy atom. The van der Waals surface area contributed by atoms with Gasteiger partial charge in [-0.15, -0.1) is 0 Å². The van der Waals surface area contributed by atoms with Crippen molar-refractivity contribution in [2.24, 2.45) is 5.92 Å². The number of carbonyl (C=O) groups excluding carboxylic acids is 1. The van der Waals surface area contributed by atoms with Crippen LogP contribution in [0.25, 0.3) is 11.0 Å². The molecule has 10 heteroatoms. The summed E-state index contributed by atoms with van der Waals surface area (Å²) in [5.74, 6) is 2.37. The van der Waals surface area contributed by atoms with Gasteiger partial charge in [-0.2, -0.15) is 5.10 Å². The molecular weight excluding hydrogens is 406 g/mol. The molecule has 2 aliphatic rings. The highest BCUT2D eigenvalue weighted by Gasteiger charge is 2.23. The van der Waals surface area contributed by atoms with E-state index in [-0.39, 0.29) is 5.91 Å². The van der Waals surface area contributed by atoms with Crippen molar-refractivity contribution in [1.29, 1.82) is 0 Å². The summed E-state index contributed by atoms with van der Waals surface area (Å²) >= 11 is 0. The molecule has 2 fully saturated rings. The van der Waals surface area contributed by atoms with Gasteiger partial charge in [-0.1, -0.05) is 12.8 Å². The Balaban J connectivity index is 1.19. The van der Waals surface area contributed by atoms with Gasteiger partial charge >= 0.3 is 0 Å². The number of anilines is 2. The Labute approximate surface area is 187 Å². The van der Waals surface area contributed by atoms with E-state index in [1.807, 2.05) is 16.9 Å². The molecule has 1 saturated heterocycles. The molecule has 5 rings (SSSR count). The van der Waals surface area contributed by atoms with Crippen molar-refractivity contribution in [3.05, 3.63) is 31.0 Å². The predicted molar refractivity (Wildman–Crippen MR) is 121 cm³/mol. The minimum absolute atomic E-state index is 0.143. The Kier molecular flexibility index (Phi) is 6.09. The average molecular weight is 436 g/mol. The fraction of sp³-hybridized carbons (Fsp3) is 0.545. The number of hydrogen-bond acceptors (Lipinski definition) is 8. The number of aromatic nitrogens is 6. The van der Waals surface area contributed by atoms with Gasteiger partial charge in [-0.25, -0.2) is 24.6 Å². The quantitative estimate of drug-likeness (QED) is 0.597. The van der Waals surface area contributed by atoms with E-state index in [0.717, 1.165) is 49.0 Å². The highest BCUT2D eigenvalue weighted by atomic mass is 16.1. The van der Waals surface area contributed by atoms with Crippen LogP contribution in [0.3, 0.4) is 0 Å². The monoisotopic (exact) mass is 435 g/mol. The van der Waals surface area contributed by atoms with E-state index < -0.39 is 0 Å². The molecule has 1 aliphatic heterocycles. The molecule has 0 unspecified atom stereocenters. The highest BCUT2D eigenvalue weighted by Crippen LogP contribution is 2.27. The van der Waals surface area contributed by atoms with Gasteiger partial charge in [-0.05, 0) is 24.8 Å². The Hall–Kier alpha value is -3.30. The van der Waals surface area contributed by atoms with E-state index in [4.69, 9.17) is 0 Å². The van der Waals surface area contributed by atoms with Crippen molar-refractivity contribution in [2.45, 2.75) is 38.6 Å². The molecule has 10 nitrogen and oxygen atoms in total. The summed E-state index contributed by atoms with van der Waals surface area (Å²) in [7, 11) is 0. The lowest BCUT2D eigenvalue weighted by atomic mass is 10.0. The van der Waals surface area contributed by atoms with Gasteiger partial charge in [0.15, 0.2) is 5.65 Å². The Morgan fingerprint density at radius 2 is 1.75 bits per heavy atom. The first-order valence-corrected chi connectivity index (χ1v) is 11.5. The second kappa shape index (κ2) is 9.46. The number of fused-ring (bicyclic) bond motifs is 1. The van der Waals surface area contributed by atoms with Crippen LogP contribution in [-0.4, -0.2) is 68.3 Å². The summed E-state index contributed by atoms with van der Waals surface area (Å²) in [4.78, 5) is 34.4. The van der Waals surface area contributed by atoms with Crippen LogP contribution in [0.4, 0.5) is 11.8 Å². The lowest BCUT2D eigenvalue weighted by Crippen LogP contribution is -2.47. The summed E-state index contributed by atoms with van der Waals surface area (Å²) < 4.78 is 1.85. The molecule has 1 N–H and O–H groups in total. The number of piperazine rings is 1. The highest BCUT2D eigenvalue weighted by molar-refractivity contribution is 5.86. The third kappa shape index (κ3) is 4.49. The molecule has 1 aliphatic carbocycles. The molecule has 168 valence electrons. The van der Waals surface area contributed by atoms with Crippen LogP contribution in [0.1, 0.15) is 32.1 Å². The Morgan fingerprint density at radius 3 is 2.53 bits per heavy atom. The number of hydrogen-bond donors (Lipinski definition) is 1. The number of nitrogens with one attached hydrogen (secondary N) is 1. The molecule has 1 saturated carbocycles. The minimum atomic E-state index is 0.143. The first-order valence-electron chi connectivity index (χ1n) is 11.5. The second-order valence-corrected chi connectivity index (χ2v) is 8.53. The maximum absolute atomic E-state index is 12.2. The molecule has 1 amide bonds. The van der Waals surface area contributed by atoms with E-state index in [1.54, 1.807) is 18.7 Å². The van der Waals surface area contributed by atoms with E-state index in [9.17, 15) is 4.79 Å². The predicted octanol–water partition coefficient (Wildman–Crippen LogP) is 1.64. The summed E-state index contributed by atoms with van der Waals surface area (Å²) in [5, 5.41) is 8.50. The molecule has 32 heavy (non-hydrogen) atoms. The SMILES string of the molecule is O=C(CC1CCCC1)NCCn1ncc2c(N3CCN(c4ncccn4)CC3)ncnc21. The molecule has 0 radical (unpaired) electrons. The van der Waals surface area contributed by atoms with Crippen LogP contribution in [0.2, 0.25) is 0 Å². The average Bonchev–Trinajstić information content (AvgIpc) is 3.50. The van der Waals surface area contributed by atoms with Crippen LogP contribution in [0.15, 0.2) is 31.0 Å². The van der Waals surface area contributed by atoms with Crippen LogP contribution in [0, 0.1) is 5.92 Å². The van der Waals surface area contributed by atoms with Crippen molar-refractivity contribution >= 4 is 28.7 Å². The topological polar surface area (TPSA) is 105 Å². The first kappa shape index (κ1) is 20.6. The molecule has 3 aromatic rings. The van der Waals surface area contributed by atoms with Gasteiger partial charge in [0.2, 0.25) is 11.9 Å². The van der Waals surface area contributed by atoms with Crippen LogP contribution in [0.5, 0.6) is 0 Å². The van der Waals surface area contributed by atoms with Crippen LogP contribution >= 0.6 is 0 Å². The van der Waals surface area contributed by atoms with E-state index >= 15 is 0 Å². The van der Waals surface area contributed by atoms with Gasteiger partial charge in [-0.3, -0.25) is 4.79 Å². The zero-order valence-electron chi connectivity index (χ0n) is 18.2. The second-order valence-electron chi connectivity index (χ2n) is 8.53. The van der Waals surface area contributed by atoms with Crippen molar-refractivity contribution < 1.29 is 4.79 Å². The maximum Gasteiger partial charge on any atom is 0.225 e. The third-order valence-corrected chi connectivity index (χ3v) is 6.42. The standard InChI is InChI=1S/C22H29N9O/c32-19(14-17-4-1-2-5-17)23-8-9-31-21-18(15-28-31)20(26-16-27-21)29-10-12-30(13-11-29)22-24-6-3-7-25-22/h3,6-7,15-17H,1-2,4-5,8-14H2,(H,23,32). The van der Waals surface area contributed by atoms with Crippen molar-refractivity contribution in [2.75, 3.05) is 42.5 Å². The lowest BCUT2D eigenvalue weighted by molar-refractivity contribution is -0.122. The van der Waals surface area contributed by atoms with Crippen LogP contribution in [-0.2, 0) is 11.3 Å². The molecule has 0 spiro atoms. The fourth-order valence-electron chi connectivity index (χ4n) is 4.72. The van der Waals surface area contributed by atoms with Gasteiger partial charge in [0.1, 0.15) is 12.1 Å². The number of rotatable bonds is 7. The van der Waals surface area contributed by atoms with E-state index in [2.05, 4.69) is 40.2 Å². The van der Waals surface area contributed by atoms with Crippen molar-refractivity contribution in [3.63, 3.8) is 0 Å². The first-order chi connectivity index (χ1) is 15.8. The summed E-state index contributed by atoms with van der Waals surface area (Å²) in [6.45, 7) is 4.46. The summed E-state index contributed by atoms with van der Waals surface area (Å²) in [6.07, 6.45) is 12.5. The van der Waals surface area contributed by atoms with Gasteiger partial charge in [0.05, 0.1) is 18.1 Å². The molecule has 0 atom stereocenters. The normalized spacial score (nSPS) is 17.2. The zero-order valence-corrected chi connectivity index (χ0v) is 18.2. The van der Waals surface area contributed by atoms with Crippen molar-refractivity contribution in [1.82, 2.24) is 35.0 Å². The summed E-state index contributed by atoms with van der Waals surface area (Å²) in [5.41, 5.74) is 0.800. The Bertz CT molecular complexity index is 1040. The van der Waals surface area contributed by atoms with Crippen molar-refractivity contribution in [3.8, 4) is 0 Å². The van der Waals surface area contributed by atoms with Gasteiger partial charge in [0, 0.05) is 51.5 Å². The third-order valence-electron chi connectivity index (χ3n) is 6.42. The van der Waals surface area contributed by atoms with E-state index in [0.29, 0.717) is 25.4 Å². The molecule has 0 bridgehead atoms. The van der Waals surface area contributed by atoms with E-state index in [1.165, 1.54) is 25.7 Å². The molecule has 4 heterocycles. The van der Waals surface area contributed by atoms with Gasteiger partial charge < -0.3 is 15.1 Å². The number of amides is 1.